The first-order chi connectivity index (χ1) is 15.5. The van der Waals surface area contributed by atoms with Crippen LogP contribution in [0.5, 0.6) is 0 Å². The van der Waals surface area contributed by atoms with E-state index in [9.17, 15) is 22.4 Å². The Kier molecular flexibility index (Phi) is 9.51. The first-order valence-corrected chi connectivity index (χ1v) is 12.8. The van der Waals surface area contributed by atoms with Crippen LogP contribution < -0.4 is 9.62 Å². The molecular formula is C22H26Cl2FN3O4S. The summed E-state index contributed by atoms with van der Waals surface area (Å²) in [5.41, 5.74) is 0.537. The largest absolute Gasteiger partial charge is 0.355 e. The zero-order valence-electron chi connectivity index (χ0n) is 18.5. The standard InChI is InChI=1S/C22H26Cl2FN3O4S/c1-4-20(22(30)26-5-2)27(13-15-9-10-16(23)11-19(15)24)21(29)14-28(33(3,31)32)18-8-6-7-17(25)12-18/h6-12,20H,4-5,13-14H2,1-3H3,(H,26,30). The fourth-order valence-electron chi connectivity index (χ4n) is 3.29. The van der Waals surface area contributed by atoms with E-state index in [0.29, 0.717) is 22.2 Å². The highest BCUT2D eigenvalue weighted by Gasteiger charge is 2.32. The van der Waals surface area contributed by atoms with Crippen LogP contribution in [0, 0.1) is 5.82 Å². The summed E-state index contributed by atoms with van der Waals surface area (Å²) in [6, 6.07) is 8.81. The van der Waals surface area contributed by atoms with E-state index in [4.69, 9.17) is 23.2 Å². The molecule has 7 nitrogen and oxygen atoms in total. The zero-order chi connectivity index (χ0) is 24.8. The van der Waals surface area contributed by atoms with E-state index in [2.05, 4.69) is 5.32 Å². The smallest absolute Gasteiger partial charge is 0.244 e. The second-order valence-electron chi connectivity index (χ2n) is 7.33. The van der Waals surface area contributed by atoms with Gasteiger partial charge < -0.3 is 10.2 Å². The molecule has 0 fully saturated rings. The molecule has 0 aromatic heterocycles. The number of benzene rings is 2. The van der Waals surface area contributed by atoms with E-state index in [-0.39, 0.29) is 24.6 Å². The number of likely N-dealkylation sites (N-methyl/N-ethyl adjacent to an activating group) is 1. The third-order valence-electron chi connectivity index (χ3n) is 4.87. The highest BCUT2D eigenvalue weighted by Crippen LogP contribution is 2.25. The molecule has 0 saturated carbocycles. The highest BCUT2D eigenvalue weighted by molar-refractivity contribution is 7.92. The Morgan fingerprint density at radius 1 is 1.12 bits per heavy atom. The minimum Gasteiger partial charge on any atom is -0.355 e. The van der Waals surface area contributed by atoms with Gasteiger partial charge in [0.25, 0.3) is 0 Å². The Balaban J connectivity index is 2.46. The lowest BCUT2D eigenvalue weighted by molar-refractivity contribution is -0.140. The lowest BCUT2D eigenvalue weighted by atomic mass is 10.1. The highest BCUT2D eigenvalue weighted by atomic mass is 35.5. The molecule has 0 saturated heterocycles. The third kappa shape index (κ3) is 7.31. The van der Waals surface area contributed by atoms with Gasteiger partial charge in [0.1, 0.15) is 18.4 Å². The number of nitrogens with zero attached hydrogens (tertiary/aromatic N) is 2. The quantitative estimate of drug-likeness (QED) is 0.518. The first-order valence-electron chi connectivity index (χ1n) is 10.2. The minimum absolute atomic E-state index is 0.00128. The van der Waals surface area contributed by atoms with E-state index < -0.39 is 34.3 Å². The van der Waals surface area contributed by atoms with Crippen molar-refractivity contribution in [1.82, 2.24) is 10.2 Å². The van der Waals surface area contributed by atoms with E-state index in [0.717, 1.165) is 16.6 Å². The van der Waals surface area contributed by atoms with Gasteiger partial charge >= 0.3 is 0 Å². The lowest BCUT2D eigenvalue weighted by Gasteiger charge is -2.33. The van der Waals surface area contributed by atoms with Crippen molar-refractivity contribution in [2.45, 2.75) is 32.9 Å². The molecule has 0 radical (unpaired) electrons. The molecule has 0 spiro atoms. The van der Waals surface area contributed by atoms with Gasteiger partial charge in [-0.1, -0.05) is 42.3 Å². The Bertz CT molecular complexity index is 1110. The lowest BCUT2D eigenvalue weighted by Crippen LogP contribution is -2.52. The molecule has 180 valence electrons. The molecule has 0 aliphatic rings. The molecule has 1 unspecified atom stereocenters. The maximum atomic E-state index is 13.8. The molecule has 2 rings (SSSR count). The number of anilines is 1. The summed E-state index contributed by atoms with van der Waals surface area (Å²) in [4.78, 5) is 27.4. The van der Waals surface area contributed by atoms with Crippen LogP contribution in [-0.4, -0.2) is 50.5 Å². The zero-order valence-corrected chi connectivity index (χ0v) is 20.8. The molecule has 0 heterocycles. The van der Waals surface area contributed by atoms with Gasteiger partial charge in [0.2, 0.25) is 21.8 Å². The van der Waals surface area contributed by atoms with Crippen molar-refractivity contribution >= 4 is 50.7 Å². The van der Waals surface area contributed by atoms with Crippen LogP contribution in [-0.2, 0) is 26.2 Å². The summed E-state index contributed by atoms with van der Waals surface area (Å²) in [7, 11) is -3.94. The van der Waals surface area contributed by atoms with Crippen molar-refractivity contribution in [3.8, 4) is 0 Å². The summed E-state index contributed by atoms with van der Waals surface area (Å²) < 4.78 is 39.4. The maximum absolute atomic E-state index is 13.8. The van der Waals surface area contributed by atoms with Gasteiger partial charge in [0, 0.05) is 23.1 Å². The van der Waals surface area contributed by atoms with Crippen LogP contribution in [0.4, 0.5) is 10.1 Å². The molecule has 33 heavy (non-hydrogen) atoms. The van der Waals surface area contributed by atoms with Crippen molar-refractivity contribution in [2.75, 3.05) is 23.7 Å². The molecule has 0 bridgehead atoms. The van der Waals surface area contributed by atoms with Gasteiger partial charge in [-0.15, -0.1) is 0 Å². The topological polar surface area (TPSA) is 86.8 Å². The first kappa shape index (κ1) is 26.9. The van der Waals surface area contributed by atoms with E-state index >= 15 is 0 Å². The van der Waals surface area contributed by atoms with Crippen LogP contribution in [0.3, 0.4) is 0 Å². The van der Waals surface area contributed by atoms with Gasteiger partial charge in [-0.3, -0.25) is 13.9 Å². The summed E-state index contributed by atoms with van der Waals surface area (Å²) in [6.07, 6.45) is 1.20. The van der Waals surface area contributed by atoms with Crippen LogP contribution in [0.25, 0.3) is 0 Å². The van der Waals surface area contributed by atoms with E-state index in [1.165, 1.54) is 29.2 Å². The molecule has 1 atom stereocenters. The van der Waals surface area contributed by atoms with Crippen molar-refractivity contribution in [3.05, 3.63) is 63.9 Å². The maximum Gasteiger partial charge on any atom is 0.244 e. The Morgan fingerprint density at radius 3 is 2.36 bits per heavy atom. The third-order valence-corrected chi connectivity index (χ3v) is 6.60. The van der Waals surface area contributed by atoms with Crippen LogP contribution >= 0.6 is 23.2 Å². The number of nitrogens with one attached hydrogen (secondary N) is 1. The molecule has 2 amide bonds. The average Bonchev–Trinajstić information content (AvgIpc) is 2.72. The Hall–Kier alpha value is -2.36. The monoisotopic (exact) mass is 517 g/mol. The van der Waals surface area contributed by atoms with Gasteiger partial charge in [-0.25, -0.2) is 12.8 Å². The number of hydrogen-bond acceptors (Lipinski definition) is 4. The fourth-order valence-corrected chi connectivity index (χ4v) is 4.60. The van der Waals surface area contributed by atoms with E-state index in [1.807, 2.05) is 0 Å². The number of carbonyl (C=O) groups excluding carboxylic acids is 2. The number of hydrogen-bond donors (Lipinski definition) is 1. The second-order valence-corrected chi connectivity index (χ2v) is 10.1. The number of sulfonamides is 1. The fraction of sp³-hybridized carbons (Fsp3) is 0.364. The van der Waals surface area contributed by atoms with Crippen LogP contribution in [0.2, 0.25) is 10.0 Å². The minimum atomic E-state index is -3.94. The summed E-state index contributed by atoms with van der Waals surface area (Å²) >= 11 is 12.3. The molecular weight excluding hydrogens is 492 g/mol. The molecule has 0 aliphatic heterocycles. The number of amides is 2. The van der Waals surface area contributed by atoms with Gasteiger partial charge in [-0.05, 0) is 49.2 Å². The average molecular weight is 518 g/mol. The van der Waals surface area contributed by atoms with Crippen molar-refractivity contribution in [1.29, 1.82) is 0 Å². The predicted molar refractivity (Wildman–Crippen MR) is 128 cm³/mol. The Morgan fingerprint density at radius 2 is 1.82 bits per heavy atom. The van der Waals surface area contributed by atoms with Gasteiger partial charge in [0.15, 0.2) is 0 Å². The second kappa shape index (κ2) is 11.7. The van der Waals surface area contributed by atoms with Crippen LogP contribution in [0.1, 0.15) is 25.8 Å². The molecule has 0 aliphatic carbocycles. The summed E-state index contributed by atoms with van der Waals surface area (Å²) in [6.45, 7) is 3.18. The molecule has 2 aromatic carbocycles. The summed E-state index contributed by atoms with van der Waals surface area (Å²) in [5.74, 6) is -1.67. The molecule has 2 aromatic rings. The Labute approximate surface area is 203 Å². The number of carbonyl (C=O) groups is 2. The summed E-state index contributed by atoms with van der Waals surface area (Å²) in [5, 5.41) is 3.41. The normalized spacial score (nSPS) is 12.2. The van der Waals surface area contributed by atoms with Crippen LogP contribution in [0.15, 0.2) is 42.5 Å². The molecule has 11 heteroatoms. The van der Waals surface area contributed by atoms with Crippen molar-refractivity contribution in [3.63, 3.8) is 0 Å². The van der Waals surface area contributed by atoms with E-state index in [1.54, 1.807) is 26.0 Å². The molecule has 1 N–H and O–H groups in total. The van der Waals surface area contributed by atoms with Gasteiger partial charge in [0.05, 0.1) is 11.9 Å². The number of halogens is 3. The van der Waals surface area contributed by atoms with Gasteiger partial charge in [-0.2, -0.15) is 0 Å². The van der Waals surface area contributed by atoms with Crippen molar-refractivity contribution < 1.29 is 22.4 Å². The van der Waals surface area contributed by atoms with Crippen molar-refractivity contribution in [2.24, 2.45) is 0 Å². The SMILES string of the molecule is CCNC(=O)C(CC)N(Cc1ccc(Cl)cc1Cl)C(=O)CN(c1cccc(F)c1)S(C)(=O)=O. The number of rotatable bonds is 10. The predicted octanol–water partition coefficient (Wildman–Crippen LogP) is 3.84.